The molecule has 1 fully saturated rings. The second-order valence-electron chi connectivity index (χ2n) is 6.07. The molecule has 3 aromatic rings. The van der Waals surface area contributed by atoms with Crippen molar-refractivity contribution >= 4 is 34.7 Å². The largest absolute Gasteiger partial charge is 0.508 e. The number of aromatic hydroxyl groups is 1. The minimum atomic E-state index is 0.329. The Morgan fingerprint density at radius 3 is 2.03 bits per heavy atom. The number of nitrogens with one attached hydrogen (secondary N) is 1. The van der Waals surface area contributed by atoms with Crippen LogP contribution >= 0.6 is 23.3 Å². The quantitative estimate of drug-likeness (QED) is 0.495. The molecule has 2 N–H and O–H groups in total. The van der Waals surface area contributed by atoms with E-state index in [9.17, 15) is 5.11 Å². The predicted octanol–water partition coefficient (Wildman–Crippen LogP) is 6.04. The molecule has 0 bridgehead atoms. The third-order valence-corrected chi connectivity index (χ3v) is 6.34. The topological polar surface area (TPSA) is 38.7 Å². The third-order valence-electron chi connectivity index (χ3n) is 4.23. The molecule has 1 saturated heterocycles. The highest BCUT2D eigenvalue weighted by Gasteiger charge is 2.18. The van der Waals surface area contributed by atoms with E-state index in [2.05, 4.69) is 32.0 Å². The predicted molar refractivity (Wildman–Crippen MR) is 129 cm³/mol. The van der Waals surface area contributed by atoms with Crippen LogP contribution in [0.15, 0.2) is 76.3 Å². The van der Waals surface area contributed by atoms with Gasteiger partial charge in [-0.3, -0.25) is 0 Å². The van der Waals surface area contributed by atoms with Crippen LogP contribution in [0.5, 0.6) is 5.75 Å². The van der Waals surface area contributed by atoms with Gasteiger partial charge in [-0.25, -0.2) is 4.31 Å². The molecule has 156 valence electrons. The molecule has 0 saturated carbocycles. The van der Waals surface area contributed by atoms with E-state index in [1.54, 1.807) is 23.5 Å². The maximum atomic E-state index is 9.31. The molecule has 2 heterocycles. The molecule has 2 aromatic carbocycles. The van der Waals surface area contributed by atoms with Crippen LogP contribution in [-0.4, -0.2) is 42.6 Å². The Balaban J connectivity index is 0.000000252. The highest BCUT2D eigenvalue weighted by molar-refractivity contribution is 7.98. The molecular weight excluding hydrogens is 398 g/mol. The molecule has 4 rings (SSSR count). The lowest BCUT2D eigenvalue weighted by atomic mass is 10.2. The van der Waals surface area contributed by atoms with Gasteiger partial charge in [0.05, 0.1) is 4.21 Å². The second kappa shape index (κ2) is 13.1. The van der Waals surface area contributed by atoms with Gasteiger partial charge in [-0.1, -0.05) is 38.1 Å². The molecule has 0 atom stereocenters. The summed E-state index contributed by atoms with van der Waals surface area (Å²) in [7, 11) is 1.91. The number of nitrogens with zero attached hydrogens (tertiary/aromatic N) is 2. The highest BCUT2D eigenvalue weighted by atomic mass is 32.2. The summed E-state index contributed by atoms with van der Waals surface area (Å²) in [5, 5.41) is 14.5. The van der Waals surface area contributed by atoms with Crippen molar-refractivity contribution < 1.29 is 5.11 Å². The van der Waals surface area contributed by atoms with E-state index >= 15 is 0 Å². The van der Waals surface area contributed by atoms with E-state index in [0.29, 0.717) is 5.75 Å². The van der Waals surface area contributed by atoms with Gasteiger partial charge in [0, 0.05) is 44.6 Å². The Labute approximate surface area is 183 Å². The summed E-state index contributed by atoms with van der Waals surface area (Å²) in [4.78, 5) is 2.37. The van der Waals surface area contributed by atoms with Gasteiger partial charge in [0.2, 0.25) is 0 Å². The first-order valence-corrected chi connectivity index (χ1v) is 11.6. The van der Waals surface area contributed by atoms with E-state index in [0.717, 1.165) is 31.9 Å². The zero-order chi connectivity index (χ0) is 20.9. The minimum absolute atomic E-state index is 0.329. The Hall–Kier alpha value is -2.15. The zero-order valence-electron chi connectivity index (χ0n) is 17.4. The van der Waals surface area contributed by atoms with Gasteiger partial charge in [-0.15, -0.1) is 11.3 Å². The van der Waals surface area contributed by atoms with Crippen molar-refractivity contribution in [2.24, 2.45) is 0 Å². The summed E-state index contributed by atoms with van der Waals surface area (Å²) >= 11 is 3.65. The molecule has 0 amide bonds. The molecule has 0 spiro atoms. The van der Waals surface area contributed by atoms with Gasteiger partial charge in [-0.2, -0.15) is 0 Å². The maximum Gasteiger partial charge on any atom is 0.115 e. The molecule has 4 nitrogen and oxygen atoms in total. The maximum absolute atomic E-state index is 9.31. The Kier molecular flexibility index (Phi) is 10.5. The van der Waals surface area contributed by atoms with Crippen molar-refractivity contribution in [2.75, 3.05) is 43.4 Å². The first kappa shape index (κ1) is 23.1. The Morgan fingerprint density at radius 2 is 1.52 bits per heavy atom. The first-order valence-electron chi connectivity index (χ1n) is 9.98. The Bertz CT molecular complexity index is 772. The van der Waals surface area contributed by atoms with Crippen LogP contribution in [0.2, 0.25) is 0 Å². The number of phenols is 1. The second-order valence-corrected chi connectivity index (χ2v) is 8.42. The standard InChI is InChI=1S/C14H16N2OS2.C7H9N.C2H6/c17-13-5-3-12(4-6-13)15-7-9-16(10-8-15)19-14-2-1-11-18-14;1-8-7-5-3-2-4-6-7;1-2/h1-6,11,17H,7-10H2;2-6,8H,1H3;1-2H3. The van der Waals surface area contributed by atoms with E-state index in [1.165, 1.54) is 9.90 Å². The monoisotopic (exact) mass is 429 g/mol. The summed E-state index contributed by atoms with van der Waals surface area (Å²) in [6, 6.07) is 21.8. The van der Waals surface area contributed by atoms with Crippen LogP contribution in [0.25, 0.3) is 0 Å². The van der Waals surface area contributed by atoms with Crippen molar-refractivity contribution in [2.45, 2.75) is 18.1 Å². The van der Waals surface area contributed by atoms with Crippen LogP contribution in [-0.2, 0) is 0 Å². The van der Waals surface area contributed by atoms with Crippen LogP contribution in [0, 0.1) is 0 Å². The number of hydrogen-bond donors (Lipinski definition) is 2. The van der Waals surface area contributed by atoms with Crippen LogP contribution < -0.4 is 10.2 Å². The first-order chi connectivity index (χ1) is 14.2. The summed E-state index contributed by atoms with van der Waals surface area (Å²) in [5.74, 6) is 0.329. The molecule has 1 aliphatic heterocycles. The number of benzene rings is 2. The normalized spacial score (nSPS) is 13.6. The number of phenolic OH excluding ortho intramolecular Hbond substituents is 1. The van der Waals surface area contributed by atoms with Crippen molar-refractivity contribution in [1.82, 2.24) is 4.31 Å². The molecule has 1 aromatic heterocycles. The number of para-hydroxylation sites is 1. The van der Waals surface area contributed by atoms with Crippen molar-refractivity contribution in [1.29, 1.82) is 0 Å². The number of piperazine rings is 1. The summed E-state index contributed by atoms with van der Waals surface area (Å²) < 4.78 is 3.78. The lowest BCUT2D eigenvalue weighted by molar-refractivity contribution is 0.430. The average molecular weight is 430 g/mol. The molecule has 0 unspecified atom stereocenters. The van der Waals surface area contributed by atoms with Gasteiger partial charge in [0.15, 0.2) is 0 Å². The molecular formula is C23H31N3OS2. The third kappa shape index (κ3) is 8.01. The van der Waals surface area contributed by atoms with Crippen molar-refractivity contribution in [3.8, 4) is 5.75 Å². The van der Waals surface area contributed by atoms with Gasteiger partial charge in [0.1, 0.15) is 5.75 Å². The minimum Gasteiger partial charge on any atom is -0.508 e. The average Bonchev–Trinajstić information content (AvgIpc) is 3.30. The lowest BCUT2D eigenvalue weighted by Gasteiger charge is -2.35. The van der Waals surface area contributed by atoms with Crippen LogP contribution in [0.1, 0.15) is 13.8 Å². The molecule has 29 heavy (non-hydrogen) atoms. The van der Waals surface area contributed by atoms with Gasteiger partial charge in [-0.05, 0) is 59.8 Å². The summed E-state index contributed by atoms with van der Waals surface area (Å²) in [6.45, 7) is 8.18. The lowest BCUT2D eigenvalue weighted by Crippen LogP contribution is -2.43. The molecule has 1 aliphatic rings. The fraction of sp³-hybridized carbons (Fsp3) is 0.304. The fourth-order valence-electron chi connectivity index (χ4n) is 2.75. The molecule has 0 radical (unpaired) electrons. The Morgan fingerprint density at radius 1 is 0.862 bits per heavy atom. The SMILES string of the molecule is CC.CNc1ccccc1.Oc1ccc(N2CCN(Sc3cccs3)CC2)cc1. The van der Waals surface area contributed by atoms with Gasteiger partial charge < -0.3 is 15.3 Å². The number of hydrogen-bond acceptors (Lipinski definition) is 6. The summed E-state index contributed by atoms with van der Waals surface area (Å²) in [5.41, 5.74) is 2.35. The number of anilines is 2. The van der Waals surface area contributed by atoms with E-state index < -0.39 is 0 Å². The zero-order valence-corrected chi connectivity index (χ0v) is 19.0. The van der Waals surface area contributed by atoms with Crippen LogP contribution in [0.3, 0.4) is 0 Å². The smallest absolute Gasteiger partial charge is 0.115 e. The number of rotatable bonds is 4. The number of thiophene rings is 1. The van der Waals surface area contributed by atoms with E-state index in [-0.39, 0.29) is 0 Å². The van der Waals surface area contributed by atoms with Gasteiger partial charge >= 0.3 is 0 Å². The van der Waals surface area contributed by atoms with E-state index in [1.807, 2.05) is 75.3 Å². The molecule has 0 aliphatic carbocycles. The van der Waals surface area contributed by atoms with Crippen LogP contribution in [0.4, 0.5) is 11.4 Å². The summed E-state index contributed by atoms with van der Waals surface area (Å²) in [6.07, 6.45) is 0. The molecule has 6 heteroatoms. The fourth-order valence-corrected chi connectivity index (χ4v) is 4.59. The van der Waals surface area contributed by atoms with Crippen molar-refractivity contribution in [3.63, 3.8) is 0 Å². The highest BCUT2D eigenvalue weighted by Crippen LogP contribution is 2.29. The van der Waals surface area contributed by atoms with Gasteiger partial charge in [0.25, 0.3) is 0 Å². The van der Waals surface area contributed by atoms with E-state index in [4.69, 9.17) is 0 Å². The van der Waals surface area contributed by atoms with Crippen molar-refractivity contribution in [3.05, 3.63) is 72.1 Å².